The zero-order chi connectivity index (χ0) is 14.5. The molecule has 0 spiro atoms. The van der Waals surface area contributed by atoms with E-state index in [9.17, 15) is 5.26 Å². The minimum absolute atomic E-state index is 0.264. The Morgan fingerprint density at radius 3 is 2.90 bits per heavy atom. The summed E-state index contributed by atoms with van der Waals surface area (Å²) in [5.41, 5.74) is 3.19. The molecule has 0 amide bonds. The molecule has 7 heteroatoms. The monoisotopic (exact) mass is 306 g/mol. The molecular weight excluding hydrogens is 292 g/mol. The lowest BCUT2D eigenvalue weighted by Crippen LogP contribution is -2.33. The van der Waals surface area contributed by atoms with Gasteiger partial charge >= 0.3 is 0 Å². The zero-order valence-corrected chi connectivity index (χ0v) is 13.1. The number of nitrogens with one attached hydrogen (secondary N) is 1. The fraction of sp³-hybridized carbons (Fsp3) is 0.462. The molecule has 0 aliphatic carbocycles. The highest BCUT2D eigenvalue weighted by molar-refractivity contribution is 7.98. The van der Waals surface area contributed by atoms with Crippen molar-refractivity contribution in [1.29, 1.82) is 5.26 Å². The quantitative estimate of drug-likeness (QED) is 0.648. The summed E-state index contributed by atoms with van der Waals surface area (Å²) in [5, 5.41) is 17.5. The number of fused-ring (bicyclic) bond motifs is 3. The van der Waals surface area contributed by atoms with Crippen LogP contribution >= 0.6 is 24.0 Å². The molecule has 0 fully saturated rings. The van der Waals surface area contributed by atoms with Gasteiger partial charge in [-0.25, -0.2) is 0 Å². The Hall–Kier alpha value is -1.36. The molecule has 0 atom stereocenters. The number of rotatable bonds is 1. The van der Waals surface area contributed by atoms with Crippen LogP contribution in [0.4, 0.5) is 0 Å². The van der Waals surface area contributed by atoms with Gasteiger partial charge in [-0.15, -0.1) is 11.8 Å². The van der Waals surface area contributed by atoms with E-state index in [4.69, 9.17) is 17.0 Å². The van der Waals surface area contributed by atoms with Crippen LogP contribution in [0.25, 0.3) is 5.65 Å². The van der Waals surface area contributed by atoms with Gasteiger partial charge in [-0.2, -0.15) is 10.4 Å². The van der Waals surface area contributed by atoms with Crippen LogP contribution in [-0.2, 0) is 17.8 Å². The van der Waals surface area contributed by atoms with Gasteiger partial charge in [-0.1, -0.05) is 0 Å². The van der Waals surface area contributed by atoms with Crippen molar-refractivity contribution in [2.75, 3.05) is 6.26 Å². The third-order valence-corrected chi connectivity index (χ3v) is 4.59. The number of ether oxygens (including phenoxy) is 1. The Balaban J connectivity index is 2.45. The zero-order valence-electron chi connectivity index (χ0n) is 11.5. The van der Waals surface area contributed by atoms with E-state index < -0.39 is 0 Å². The highest BCUT2D eigenvalue weighted by Crippen LogP contribution is 2.36. The third kappa shape index (κ3) is 1.87. The maximum absolute atomic E-state index is 9.58. The van der Waals surface area contributed by atoms with Crippen LogP contribution in [0.15, 0.2) is 5.03 Å². The van der Waals surface area contributed by atoms with Gasteiger partial charge in [0.25, 0.3) is 0 Å². The molecule has 0 radical (unpaired) electrons. The molecule has 20 heavy (non-hydrogen) atoms. The molecule has 1 N–H and O–H groups in total. The van der Waals surface area contributed by atoms with E-state index >= 15 is 0 Å². The van der Waals surface area contributed by atoms with Crippen LogP contribution in [0, 0.1) is 16.1 Å². The Labute approximate surface area is 125 Å². The van der Waals surface area contributed by atoms with Gasteiger partial charge in [-0.05, 0) is 37.9 Å². The first-order valence-electron chi connectivity index (χ1n) is 6.21. The van der Waals surface area contributed by atoms with Crippen LogP contribution in [0.1, 0.15) is 30.5 Å². The summed E-state index contributed by atoms with van der Waals surface area (Å²) in [6.07, 6.45) is 2.65. The summed E-state index contributed by atoms with van der Waals surface area (Å²) in [6, 6.07) is 2.34. The smallest absolute Gasteiger partial charge is 0.200 e. The van der Waals surface area contributed by atoms with Crippen molar-refractivity contribution in [1.82, 2.24) is 14.6 Å². The number of thioether (sulfide) groups is 1. The minimum Gasteiger partial charge on any atom is -0.370 e. The van der Waals surface area contributed by atoms with Crippen LogP contribution < -0.4 is 0 Å². The molecule has 3 heterocycles. The lowest BCUT2D eigenvalue weighted by Gasteiger charge is -2.32. The second kappa shape index (κ2) is 4.58. The Morgan fingerprint density at radius 2 is 2.25 bits per heavy atom. The van der Waals surface area contributed by atoms with Crippen molar-refractivity contribution in [2.24, 2.45) is 0 Å². The van der Waals surface area contributed by atoms with Gasteiger partial charge in [0.15, 0.2) is 5.65 Å². The maximum atomic E-state index is 9.58. The molecule has 0 bridgehead atoms. The first-order chi connectivity index (χ1) is 9.48. The summed E-state index contributed by atoms with van der Waals surface area (Å²) in [7, 11) is 0. The number of hydrogen-bond donors (Lipinski definition) is 1. The highest BCUT2D eigenvalue weighted by Gasteiger charge is 2.32. The van der Waals surface area contributed by atoms with E-state index in [1.54, 1.807) is 0 Å². The predicted octanol–water partition coefficient (Wildman–Crippen LogP) is 2.84. The number of hydrogen-bond acceptors (Lipinski definition) is 5. The van der Waals surface area contributed by atoms with E-state index in [-0.39, 0.29) is 5.60 Å². The summed E-state index contributed by atoms with van der Waals surface area (Å²) >= 11 is 6.79. The van der Waals surface area contributed by atoms with Gasteiger partial charge in [0.1, 0.15) is 11.1 Å². The van der Waals surface area contributed by atoms with Crippen molar-refractivity contribution in [3.8, 4) is 6.07 Å². The van der Waals surface area contributed by atoms with Gasteiger partial charge in [0, 0.05) is 12.0 Å². The summed E-state index contributed by atoms with van der Waals surface area (Å²) < 4.78 is 8.20. The molecule has 0 saturated carbocycles. The number of H-pyrrole nitrogens is 1. The van der Waals surface area contributed by atoms with Crippen molar-refractivity contribution in [2.45, 2.75) is 37.5 Å². The molecule has 0 unspecified atom stereocenters. The molecule has 2 aromatic heterocycles. The molecule has 0 aromatic carbocycles. The van der Waals surface area contributed by atoms with E-state index in [1.807, 2.05) is 24.5 Å². The first-order valence-corrected chi connectivity index (χ1v) is 7.84. The fourth-order valence-corrected chi connectivity index (χ4v) is 3.63. The van der Waals surface area contributed by atoms with Gasteiger partial charge < -0.3 is 4.74 Å². The van der Waals surface area contributed by atoms with Crippen molar-refractivity contribution >= 4 is 29.6 Å². The van der Waals surface area contributed by atoms with E-state index in [0.717, 1.165) is 21.8 Å². The number of nitriles is 1. The number of aromatic nitrogens is 3. The van der Waals surface area contributed by atoms with Crippen LogP contribution in [0.3, 0.4) is 0 Å². The molecule has 1 aliphatic heterocycles. The normalized spacial score (nSPS) is 16.9. The van der Waals surface area contributed by atoms with Crippen LogP contribution in [0.2, 0.25) is 0 Å². The average Bonchev–Trinajstić information content (AvgIpc) is 2.78. The van der Waals surface area contributed by atoms with E-state index in [1.165, 1.54) is 11.8 Å². The largest absolute Gasteiger partial charge is 0.370 e. The van der Waals surface area contributed by atoms with Crippen molar-refractivity contribution in [3.63, 3.8) is 0 Å². The molecule has 1 aliphatic rings. The molecular formula is C13H14N4OS2. The Bertz CT molecular complexity index is 797. The summed E-state index contributed by atoms with van der Waals surface area (Å²) in [5.74, 6) is 0. The predicted molar refractivity (Wildman–Crippen MR) is 79.4 cm³/mol. The lowest BCUT2D eigenvalue weighted by molar-refractivity contribution is -0.0398. The number of nitrogens with zero attached hydrogens (tertiary/aromatic N) is 3. The molecule has 104 valence electrons. The Kier molecular flexibility index (Phi) is 3.12. The average molecular weight is 306 g/mol. The van der Waals surface area contributed by atoms with Crippen molar-refractivity contribution < 1.29 is 4.74 Å². The summed E-state index contributed by atoms with van der Waals surface area (Å²) in [4.78, 5) is 0. The van der Waals surface area contributed by atoms with Gasteiger partial charge in [-0.3, -0.25) is 9.50 Å². The topological polar surface area (TPSA) is 66.1 Å². The first kappa shape index (κ1) is 13.6. The molecule has 3 rings (SSSR count). The minimum atomic E-state index is -0.264. The molecule has 0 saturated heterocycles. The van der Waals surface area contributed by atoms with Crippen molar-refractivity contribution in [3.05, 3.63) is 21.5 Å². The second-order valence-corrected chi connectivity index (χ2v) is 6.55. The van der Waals surface area contributed by atoms with Crippen LogP contribution in [0.5, 0.6) is 0 Å². The Morgan fingerprint density at radius 1 is 1.50 bits per heavy atom. The maximum Gasteiger partial charge on any atom is 0.200 e. The van der Waals surface area contributed by atoms with Gasteiger partial charge in [0.2, 0.25) is 4.77 Å². The highest BCUT2D eigenvalue weighted by atomic mass is 32.2. The van der Waals surface area contributed by atoms with E-state index in [2.05, 4.69) is 16.3 Å². The van der Waals surface area contributed by atoms with Crippen LogP contribution in [-0.4, -0.2) is 26.5 Å². The molecule has 2 aromatic rings. The standard InChI is InChI=1S/C13H14N4OS2/c1-13(2)4-7-8(5-14)11(20-3)17-10(9(7)6-18-13)15-16-12(17)19/h4,6H2,1-3H3,(H,16,19). The number of aromatic amines is 1. The molecule has 5 nitrogen and oxygen atoms in total. The lowest BCUT2D eigenvalue weighted by atomic mass is 9.90. The fourth-order valence-electron chi connectivity index (χ4n) is 2.61. The summed E-state index contributed by atoms with van der Waals surface area (Å²) in [6.45, 7) is 4.53. The van der Waals surface area contributed by atoms with E-state index in [0.29, 0.717) is 23.4 Å². The third-order valence-electron chi connectivity index (χ3n) is 3.54. The van der Waals surface area contributed by atoms with Gasteiger partial charge in [0.05, 0.1) is 17.8 Å². The SMILES string of the molecule is CSc1c(C#N)c2c(c3n[nH]c(=S)n13)COC(C)(C)C2. The number of pyridine rings is 1. The second-order valence-electron chi connectivity index (χ2n) is 5.37.